The maximum atomic E-state index is 13.1. The number of imide groups is 1. The Bertz CT molecular complexity index is 552. The maximum Gasteiger partial charge on any atom is 0.234 e. The van der Waals surface area contributed by atoms with Crippen molar-refractivity contribution in [3.05, 3.63) is 24.8 Å². The van der Waals surface area contributed by atoms with Crippen LogP contribution in [-0.2, 0) is 9.59 Å². The first-order valence-electron chi connectivity index (χ1n) is 9.73. The third-order valence-corrected chi connectivity index (χ3v) is 6.61. The Morgan fingerprint density at radius 2 is 2.17 bits per heavy atom. The van der Waals surface area contributed by atoms with E-state index in [0.29, 0.717) is 12.5 Å². The van der Waals surface area contributed by atoms with Gasteiger partial charge in [0.2, 0.25) is 11.8 Å². The molecule has 2 bridgehead atoms. The van der Waals surface area contributed by atoms with Gasteiger partial charge >= 0.3 is 0 Å². The zero-order chi connectivity index (χ0) is 17.3. The van der Waals surface area contributed by atoms with E-state index >= 15 is 0 Å². The van der Waals surface area contributed by atoms with Gasteiger partial charge in [0.15, 0.2) is 0 Å². The number of amides is 2. The highest BCUT2D eigenvalue weighted by Gasteiger charge is 2.65. The molecule has 0 spiro atoms. The van der Waals surface area contributed by atoms with Crippen LogP contribution in [0.2, 0.25) is 0 Å². The molecule has 2 amide bonds. The predicted molar refractivity (Wildman–Crippen MR) is 96.1 cm³/mol. The van der Waals surface area contributed by atoms with Crippen molar-refractivity contribution in [2.45, 2.75) is 58.8 Å². The summed E-state index contributed by atoms with van der Waals surface area (Å²) in [4.78, 5) is 27.7. The number of rotatable bonds is 9. The zero-order valence-electron chi connectivity index (χ0n) is 15.2. The topological polar surface area (TPSA) is 37.4 Å². The van der Waals surface area contributed by atoms with Crippen molar-refractivity contribution in [3.8, 4) is 0 Å². The average molecular weight is 329 g/mol. The molecule has 2 aliphatic carbocycles. The molecule has 3 heteroatoms. The van der Waals surface area contributed by atoms with Crippen LogP contribution in [0.4, 0.5) is 0 Å². The molecule has 0 aromatic carbocycles. The second-order valence-electron chi connectivity index (χ2n) is 7.99. The summed E-state index contributed by atoms with van der Waals surface area (Å²) in [5.74, 6) is 0.744. The second-order valence-corrected chi connectivity index (χ2v) is 7.99. The van der Waals surface area contributed by atoms with E-state index in [1.807, 2.05) is 6.08 Å². The van der Waals surface area contributed by atoms with Crippen LogP contribution in [0, 0.1) is 29.1 Å². The van der Waals surface area contributed by atoms with Gasteiger partial charge in [0.1, 0.15) is 0 Å². The summed E-state index contributed by atoms with van der Waals surface area (Å²) in [5.41, 5.74) is -0.0872. The number of allylic oxidation sites excluding steroid dienone is 3. The van der Waals surface area contributed by atoms with Gasteiger partial charge in [-0.1, -0.05) is 51.3 Å². The van der Waals surface area contributed by atoms with E-state index in [2.05, 4.69) is 32.6 Å². The van der Waals surface area contributed by atoms with Crippen LogP contribution >= 0.6 is 0 Å². The first kappa shape index (κ1) is 17.4. The fourth-order valence-electron chi connectivity index (χ4n) is 5.22. The van der Waals surface area contributed by atoms with Gasteiger partial charge in [0.25, 0.3) is 0 Å². The molecule has 0 N–H and O–H groups in total. The molecule has 3 rings (SSSR count). The summed E-state index contributed by atoms with van der Waals surface area (Å²) < 4.78 is 0. The van der Waals surface area contributed by atoms with Gasteiger partial charge in [-0.15, -0.1) is 6.58 Å². The molecular weight excluding hydrogens is 298 g/mol. The lowest BCUT2D eigenvalue weighted by Gasteiger charge is -2.30. The smallest absolute Gasteiger partial charge is 0.234 e. The Balaban J connectivity index is 1.77. The lowest BCUT2D eigenvalue weighted by atomic mass is 9.72. The number of fused-ring (bicyclic) bond motifs is 5. The summed E-state index contributed by atoms with van der Waals surface area (Å²) in [6.07, 6.45) is 13.7. The molecular formula is C21H31NO2. The van der Waals surface area contributed by atoms with E-state index in [4.69, 9.17) is 0 Å². The number of likely N-dealkylation sites (tertiary alicyclic amines) is 1. The van der Waals surface area contributed by atoms with Crippen LogP contribution in [-0.4, -0.2) is 23.3 Å². The van der Waals surface area contributed by atoms with E-state index in [1.54, 1.807) is 4.90 Å². The molecule has 132 valence electrons. The molecule has 3 aliphatic rings. The molecule has 0 aromatic heterocycles. The molecule has 1 aliphatic heterocycles. The summed E-state index contributed by atoms with van der Waals surface area (Å²) in [6.45, 7) is 8.82. The Hall–Kier alpha value is -1.38. The number of unbranched alkanes of at least 4 members (excludes halogenated alkanes) is 1. The Kier molecular flexibility index (Phi) is 4.98. The van der Waals surface area contributed by atoms with Gasteiger partial charge in [-0.05, 0) is 37.5 Å². The van der Waals surface area contributed by atoms with Gasteiger partial charge in [0.05, 0.1) is 11.8 Å². The molecule has 24 heavy (non-hydrogen) atoms. The summed E-state index contributed by atoms with van der Waals surface area (Å²) in [6, 6.07) is 0. The van der Waals surface area contributed by atoms with Crippen molar-refractivity contribution >= 4 is 11.8 Å². The molecule has 0 radical (unpaired) electrons. The average Bonchev–Trinajstić information content (AvgIpc) is 3.22. The molecule has 2 fully saturated rings. The van der Waals surface area contributed by atoms with Gasteiger partial charge in [-0.25, -0.2) is 0 Å². The zero-order valence-corrected chi connectivity index (χ0v) is 15.2. The monoisotopic (exact) mass is 329 g/mol. The highest BCUT2D eigenvalue weighted by molar-refractivity contribution is 6.06. The number of hydrogen-bond acceptors (Lipinski definition) is 2. The van der Waals surface area contributed by atoms with Crippen molar-refractivity contribution in [1.29, 1.82) is 0 Å². The highest BCUT2D eigenvalue weighted by Crippen LogP contribution is 2.62. The molecule has 5 atom stereocenters. The van der Waals surface area contributed by atoms with E-state index in [-0.39, 0.29) is 35.0 Å². The fourth-order valence-corrected chi connectivity index (χ4v) is 5.22. The summed E-state index contributed by atoms with van der Waals surface area (Å²) >= 11 is 0. The van der Waals surface area contributed by atoms with E-state index in [1.165, 1.54) is 12.8 Å². The SMILES string of the molecule is C=CCCC12C=CC(C1)C1C(=O)N(CC(CC)CCCC)C(=O)C12. The van der Waals surface area contributed by atoms with Gasteiger partial charge in [-0.3, -0.25) is 14.5 Å². The van der Waals surface area contributed by atoms with Crippen molar-refractivity contribution in [2.75, 3.05) is 6.54 Å². The maximum absolute atomic E-state index is 13.1. The number of carbonyl (C=O) groups excluding carboxylic acids is 2. The molecule has 1 heterocycles. The minimum atomic E-state index is -0.108. The first-order valence-corrected chi connectivity index (χ1v) is 9.73. The number of carbonyl (C=O) groups is 2. The Morgan fingerprint density at radius 1 is 1.38 bits per heavy atom. The first-order chi connectivity index (χ1) is 11.6. The van der Waals surface area contributed by atoms with E-state index in [9.17, 15) is 9.59 Å². The quantitative estimate of drug-likeness (QED) is 0.466. The van der Waals surface area contributed by atoms with Crippen LogP contribution in [0.25, 0.3) is 0 Å². The lowest BCUT2D eigenvalue weighted by molar-refractivity contribution is -0.142. The van der Waals surface area contributed by atoms with Gasteiger partial charge in [0, 0.05) is 12.0 Å². The largest absolute Gasteiger partial charge is 0.282 e. The van der Waals surface area contributed by atoms with Crippen LogP contribution in [0.1, 0.15) is 58.8 Å². The van der Waals surface area contributed by atoms with Crippen LogP contribution in [0.15, 0.2) is 24.8 Å². The van der Waals surface area contributed by atoms with Crippen LogP contribution in [0.5, 0.6) is 0 Å². The molecule has 5 unspecified atom stereocenters. The number of nitrogens with zero attached hydrogens (tertiary/aromatic N) is 1. The normalized spacial score (nSPS) is 34.9. The lowest BCUT2D eigenvalue weighted by Crippen LogP contribution is -2.38. The van der Waals surface area contributed by atoms with Crippen LogP contribution in [0.3, 0.4) is 0 Å². The van der Waals surface area contributed by atoms with Crippen LogP contribution < -0.4 is 0 Å². The molecule has 0 aromatic rings. The van der Waals surface area contributed by atoms with Crippen molar-refractivity contribution in [1.82, 2.24) is 4.90 Å². The van der Waals surface area contributed by atoms with E-state index < -0.39 is 0 Å². The molecule has 1 saturated heterocycles. The van der Waals surface area contributed by atoms with Crippen molar-refractivity contribution in [3.63, 3.8) is 0 Å². The summed E-state index contributed by atoms with van der Waals surface area (Å²) in [5, 5.41) is 0. The second kappa shape index (κ2) is 6.85. The highest BCUT2D eigenvalue weighted by atomic mass is 16.2. The fraction of sp³-hybridized carbons (Fsp3) is 0.714. The molecule has 3 nitrogen and oxygen atoms in total. The minimum absolute atomic E-state index is 0.0870. The Labute approximate surface area is 146 Å². The van der Waals surface area contributed by atoms with Crippen molar-refractivity contribution < 1.29 is 9.59 Å². The van der Waals surface area contributed by atoms with Gasteiger partial charge in [-0.2, -0.15) is 0 Å². The number of hydrogen-bond donors (Lipinski definition) is 0. The standard InChI is InChI=1S/C21H31NO2/c1-4-7-9-15(6-3)14-22-19(23)17-16-10-12-21(13-16,11-8-5-2)18(17)20(22)24/h5,10,12,15-18H,2,4,6-9,11,13-14H2,1,3H3. The van der Waals surface area contributed by atoms with Gasteiger partial charge < -0.3 is 0 Å². The van der Waals surface area contributed by atoms with E-state index in [0.717, 1.165) is 32.1 Å². The third kappa shape index (κ3) is 2.66. The molecule has 1 saturated carbocycles. The Morgan fingerprint density at radius 3 is 2.83 bits per heavy atom. The summed E-state index contributed by atoms with van der Waals surface area (Å²) in [7, 11) is 0. The van der Waals surface area contributed by atoms with Crippen molar-refractivity contribution in [2.24, 2.45) is 29.1 Å². The predicted octanol–water partition coefficient (Wildman–Crippen LogP) is 4.35. The third-order valence-electron chi connectivity index (χ3n) is 6.61. The minimum Gasteiger partial charge on any atom is -0.282 e.